The van der Waals surface area contributed by atoms with E-state index in [9.17, 15) is 0 Å². The molecule has 0 saturated carbocycles. The lowest BCUT2D eigenvalue weighted by Gasteiger charge is -2.18. The number of rotatable bonds is 4. The summed E-state index contributed by atoms with van der Waals surface area (Å²) in [6.07, 6.45) is 4.75. The van der Waals surface area contributed by atoms with E-state index in [1.807, 2.05) is 0 Å². The summed E-state index contributed by atoms with van der Waals surface area (Å²) in [7, 11) is 0. The summed E-state index contributed by atoms with van der Waals surface area (Å²) in [5.74, 6) is 1.96. The molecule has 0 unspecified atom stereocenters. The third-order valence-corrected chi connectivity index (χ3v) is 3.40. The summed E-state index contributed by atoms with van der Waals surface area (Å²) in [6.45, 7) is 8.92. The number of fused-ring (bicyclic) bond motifs is 1. The topological polar surface area (TPSA) is 9.23 Å². The van der Waals surface area contributed by atoms with Crippen molar-refractivity contribution in [3.63, 3.8) is 0 Å². The maximum absolute atomic E-state index is 6.08. The maximum Gasteiger partial charge on any atom is 0.126 e. The van der Waals surface area contributed by atoms with Gasteiger partial charge in [0.05, 0.1) is 0 Å². The van der Waals surface area contributed by atoms with Gasteiger partial charge in [0.25, 0.3) is 0 Å². The maximum atomic E-state index is 6.08. The van der Waals surface area contributed by atoms with Crippen molar-refractivity contribution < 1.29 is 4.74 Å². The SMILES string of the molecule is CC(C)CCCc1cccc2c1OC(C)(C)C2. The molecule has 94 valence electrons. The minimum absolute atomic E-state index is 0.0174. The predicted molar refractivity (Wildman–Crippen MR) is 72.6 cm³/mol. The number of ether oxygens (including phenoxy) is 1. The highest BCUT2D eigenvalue weighted by molar-refractivity contribution is 5.45. The van der Waals surface area contributed by atoms with Crippen LogP contribution in [0.5, 0.6) is 5.75 Å². The molecule has 0 fully saturated rings. The van der Waals surface area contributed by atoms with Gasteiger partial charge in [0, 0.05) is 6.42 Å². The Kier molecular flexibility index (Phi) is 3.46. The van der Waals surface area contributed by atoms with E-state index in [1.165, 1.54) is 29.7 Å². The molecule has 0 amide bonds. The Balaban J connectivity index is 2.08. The molecular formula is C16H24O. The fraction of sp³-hybridized carbons (Fsp3) is 0.625. The monoisotopic (exact) mass is 232 g/mol. The Morgan fingerprint density at radius 1 is 1.29 bits per heavy atom. The first-order valence-electron chi connectivity index (χ1n) is 6.78. The molecule has 1 aromatic carbocycles. The quantitative estimate of drug-likeness (QED) is 0.748. The van der Waals surface area contributed by atoms with Crippen LogP contribution in [0.25, 0.3) is 0 Å². The van der Waals surface area contributed by atoms with E-state index in [1.54, 1.807) is 0 Å². The Hall–Kier alpha value is -0.980. The summed E-state index contributed by atoms with van der Waals surface area (Å²) in [5.41, 5.74) is 2.77. The van der Waals surface area contributed by atoms with Gasteiger partial charge in [-0.2, -0.15) is 0 Å². The van der Waals surface area contributed by atoms with Crippen molar-refractivity contribution in [3.05, 3.63) is 29.3 Å². The van der Waals surface area contributed by atoms with Crippen LogP contribution in [-0.4, -0.2) is 5.60 Å². The van der Waals surface area contributed by atoms with Crippen LogP contribution in [0.3, 0.4) is 0 Å². The van der Waals surface area contributed by atoms with Crippen LogP contribution in [-0.2, 0) is 12.8 Å². The molecule has 0 N–H and O–H groups in total. The summed E-state index contributed by atoms with van der Waals surface area (Å²) in [5, 5.41) is 0. The number of para-hydroxylation sites is 1. The highest BCUT2D eigenvalue weighted by Crippen LogP contribution is 2.38. The van der Waals surface area contributed by atoms with Gasteiger partial charge < -0.3 is 4.74 Å². The second-order valence-electron chi connectivity index (χ2n) is 6.23. The van der Waals surface area contributed by atoms with Crippen LogP contribution in [0.1, 0.15) is 51.7 Å². The second kappa shape index (κ2) is 4.72. The van der Waals surface area contributed by atoms with Crippen molar-refractivity contribution in [1.29, 1.82) is 0 Å². The lowest BCUT2D eigenvalue weighted by atomic mass is 9.98. The van der Waals surface area contributed by atoms with Crippen LogP contribution in [0.4, 0.5) is 0 Å². The van der Waals surface area contributed by atoms with Crippen molar-refractivity contribution in [2.75, 3.05) is 0 Å². The van der Waals surface area contributed by atoms with Crippen LogP contribution < -0.4 is 4.74 Å². The van der Waals surface area contributed by atoms with Gasteiger partial charge in [0.1, 0.15) is 11.4 Å². The third-order valence-electron chi connectivity index (χ3n) is 3.40. The minimum Gasteiger partial charge on any atom is -0.487 e. The highest BCUT2D eigenvalue weighted by Gasteiger charge is 2.31. The average molecular weight is 232 g/mol. The highest BCUT2D eigenvalue weighted by atomic mass is 16.5. The number of hydrogen-bond acceptors (Lipinski definition) is 1. The minimum atomic E-state index is -0.0174. The molecule has 0 aliphatic carbocycles. The molecule has 1 aromatic rings. The largest absolute Gasteiger partial charge is 0.487 e. The lowest BCUT2D eigenvalue weighted by molar-refractivity contribution is 0.137. The van der Waals surface area contributed by atoms with E-state index >= 15 is 0 Å². The van der Waals surface area contributed by atoms with Crippen molar-refractivity contribution in [1.82, 2.24) is 0 Å². The molecular weight excluding hydrogens is 208 g/mol. The zero-order valence-electron chi connectivity index (χ0n) is 11.5. The molecule has 2 rings (SSSR count). The molecule has 0 bridgehead atoms. The molecule has 0 spiro atoms. The molecule has 17 heavy (non-hydrogen) atoms. The normalized spacial score (nSPS) is 17.0. The number of aryl methyl sites for hydroxylation is 1. The zero-order chi connectivity index (χ0) is 12.5. The molecule has 0 atom stereocenters. The van der Waals surface area contributed by atoms with Crippen molar-refractivity contribution >= 4 is 0 Å². The first-order valence-corrected chi connectivity index (χ1v) is 6.78. The second-order valence-corrected chi connectivity index (χ2v) is 6.23. The van der Waals surface area contributed by atoms with E-state index in [-0.39, 0.29) is 5.60 Å². The Morgan fingerprint density at radius 3 is 2.76 bits per heavy atom. The van der Waals surface area contributed by atoms with Gasteiger partial charge in [-0.1, -0.05) is 38.5 Å². The fourth-order valence-electron chi connectivity index (χ4n) is 2.58. The van der Waals surface area contributed by atoms with Crippen molar-refractivity contribution in [3.8, 4) is 5.75 Å². The van der Waals surface area contributed by atoms with E-state index in [0.29, 0.717) is 0 Å². The van der Waals surface area contributed by atoms with Gasteiger partial charge in [-0.3, -0.25) is 0 Å². The van der Waals surface area contributed by atoms with Crippen LogP contribution in [0.15, 0.2) is 18.2 Å². The smallest absolute Gasteiger partial charge is 0.126 e. The zero-order valence-corrected chi connectivity index (χ0v) is 11.5. The Labute approximate surface area is 105 Å². The molecule has 1 nitrogen and oxygen atoms in total. The molecule has 0 aromatic heterocycles. The fourth-order valence-corrected chi connectivity index (χ4v) is 2.58. The summed E-state index contributed by atoms with van der Waals surface area (Å²) >= 11 is 0. The standard InChI is InChI=1S/C16H24O/c1-12(2)7-5-8-13-9-6-10-14-11-16(3,4)17-15(13)14/h6,9-10,12H,5,7-8,11H2,1-4H3. The predicted octanol–water partition coefficient (Wildman–Crippen LogP) is 4.38. The van der Waals surface area contributed by atoms with Crippen molar-refractivity contribution in [2.45, 2.75) is 59.0 Å². The van der Waals surface area contributed by atoms with E-state index in [4.69, 9.17) is 4.74 Å². The third kappa shape index (κ3) is 3.02. The van der Waals surface area contributed by atoms with E-state index in [0.717, 1.165) is 18.8 Å². The van der Waals surface area contributed by atoms with Gasteiger partial charge in [-0.25, -0.2) is 0 Å². The van der Waals surface area contributed by atoms with Crippen LogP contribution in [0, 0.1) is 5.92 Å². The lowest BCUT2D eigenvalue weighted by Crippen LogP contribution is -2.24. The molecule has 1 heteroatoms. The van der Waals surface area contributed by atoms with Crippen LogP contribution in [0.2, 0.25) is 0 Å². The molecule has 0 radical (unpaired) electrons. The molecule has 1 aliphatic heterocycles. The molecule has 0 saturated heterocycles. The van der Waals surface area contributed by atoms with Crippen molar-refractivity contribution in [2.24, 2.45) is 5.92 Å². The van der Waals surface area contributed by atoms with Gasteiger partial charge in [-0.05, 0) is 43.7 Å². The van der Waals surface area contributed by atoms with Gasteiger partial charge in [0.15, 0.2) is 0 Å². The molecule has 1 aliphatic rings. The Morgan fingerprint density at radius 2 is 2.06 bits per heavy atom. The van der Waals surface area contributed by atoms with Gasteiger partial charge in [-0.15, -0.1) is 0 Å². The first kappa shape index (κ1) is 12.5. The van der Waals surface area contributed by atoms with E-state index in [2.05, 4.69) is 45.9 Å². The summed E-state index contributed by atoms with van der Waals surface area (Å²) in [6, 6.07) is 6.60. The molecule has 1 heterocycles. The summed E-state index contributed by atoms with van der Waals surface area (Å²) in [4.78, 5) is 0. The van der Waals surface area contributed by atoms with Gasteiger partial charge >= 0.3 is 0 Å². The number of hydrogen-bond donors (Lipinski definition) is 0. The number of benzene rings is 1. The first-order chi connectivity index (χ1) is 7.98. The van der Waals surface area contributed by atoms with Crippen LogP contribution >= 0.6 is 0 Å². The summed E-state index contributed by atoms with van der Waals surface area (Å²) < 4.78 is 6.08. The van der Waals surface area contributed by atoms with E-state index < -0.39 is 0 Å². The Bertz CT molecular complexity index is 391. The average Bonchev–Trinajstić information content (AvgIpc) is 2.52. The van der Waals surface area contributed by atoms with Gasteiger partial charge in [0.2, 0.25) is 0 Å².